The highest BCUT2D eigenvalue weighted by Crippen LogP contribution is 2.09. The van der Waals surface area contributed by atoms with Gasteiger partial charge in [0.15, 0.2) is 0 Å². The van der Waals surface area contributed by atoms with Gasteiger partial charge in [-0.2, -0.15) is 0 Å². The van der Waals surface area contributed by atoms with Crippen LogP contribution in [0.15, 0.2) is 12.4 Å². The van der Waals surface area contributed by atoms with Crippen molar-refractivity contribution in [2.75, 3.05) is 38.1 Å². The van der Waals surface area contributed by atoms with Crippen molar-refractivity contribution in [1.82, 2.24) is 14.9 Å². The molecule has 2 heterocycles. The van der Waals surface area contributed by atoms with Gasteiger partial charge >= 0.3 is 0 Å². The number of primary amides is 1. The first-order valence-electron chi connectivity index (χ1n) is 5.71. The van der Waals surface area contributed by atoms with Crippen molar-refractivity contribution in [1.29, 1.82) is 0 Å². The highest BCUT2D eigenvalue weighted by molar-refractivity contribution is 5.92. The Kier molecular flexibility index (Phi) is 5.68. The Balaban J connectivity index is 0.000000550. The normalized spacial score (nSPS) is 15.3. The van der Waals surface area contributed by atoms with Gasteiger partial charge in [0.1, 0.15) is 0 Å². The number of rotatable bonds is 2. The summed E-state index contributed by atoms with van der Waals surface area (Å²) in [4.78, 5) is 31.9. The number of carbonyl (C=O) groups excluding carboxylic acids is 1. The molecule has 0 radical (unpaired) electrons. The molecule has 0 aromatic carbocycles. The molecule has 19 heavy (non-hydrogen) atoms. The van der Waals surface area contributed by atoms with Crippen molar-refractivity contribution in [2.45, 2.75) is 0 Å². The van der Waals surface area contributed by atoms with Crippen LogP contribution in [0.25, 0.3) is 0 Å². The lowest BCUT2D eigenvalue weighted by molar-refractivity contribution is -0.122. The Hall–Kier alpha value is -2.22. The maximum absolute atomic E-state index is 10.9. The third-order valence-electron chi connectivity index (χ3n) is 2.71. The molecule has 0 saturated carbocycles. The molecule has 0 atom stereocenters. The van der Waals surface area contributed by atoms with Gasteiger partial charge in [-0.25, -0.2) is 9.97 Å². The van der Waals surface area contributed by atoms with Crippen molar-refractivity contribution in [3.8, 4) is 0 Å². The quantitative estimate of drug-likeness (QED) is 0.663. The van der Waals surface area contributed by atoms with Crippen LogP contribution in [0, 0.1) is 0 Å². The summed E-state index contributed by atoms with van der Waals surface area (Å²) in [5.74, 6) is 0.169. The molecule has 0 bridgehead atoms. The van der Waals surface area contributed by atoms with E-state index in [-0.39, 0.29) is 6.47 Å². The van der Waals surface area contributed by atoms with Crippen LogP contribution >= 0.6 is 0 Å². The van der Waals surface area contributed by atoms with Crippen LogP contribution < -0.4 is 10.6 Å². The number of amides is 1. The fraction of sp³-hybridized carbons (Fsp3) is 0.455. The van der Waals surface area contributed by atoms with Crippen LogP contribution in [0.1, 0.15) is 10.4 Å². The van der Waals surface area contributed by atoms with Crippen molar-refractivity contribution in [3.05, 3.63) is 18.0 Å². The number of hydrogen-bond donors (Lipinski definition) is 2. The number of aromatic nitrogens is 2. The van der Waals surface area contributed by atoms with E-state index in [1.165, 1.54) is 12.4 Å². The Morgan fingerprint density at radius 3 is 2.21 bits per heavy atom. The summed E-state index contributed by atoms with van der Waals surface area (Å²) in [5, 5.41) is 6.89. The minimum Gasteiger partial charge on any atom is -0.483 e. The van der Waals surface area contributed by atoms with Gasteiger partial charge in [-0.1, -0.05) is 0 Å². The molecule has 8 nitrogen and oxygen atoms in total. The third-order valence-corrected chi connectivity index (χ3v) is 2.71. The van der Waals surface area contributed by atoms with Gasteiger partial charge in [0, 0.05) is 38.6 Å². The Morgan fingerprint density at radius 1 is 1.32 bits per heavy atom. The molecule has 1 fully saturated rings. The monoisotopic (exact) mass is 267 g/mol. The summed E-state index contributed by atoms with van der Waals surface area (Å²) in [5.41, 5.74) is 5.47. The summed E-state index contributed by atoms with van der Waals surface area (Å²) in [6.45, 7) is 3.57. The summed E-state index contributed by atoms with van der Waals surface area (Å²) in [6, 6.07) is 0. The molecular weight excluding hydrogens is 250 g/mol. The largest absolute Gasteiger partial charge is 0.483 e. The van der Waals surface area contributed by atoms with E-state index in [0.717, 1.165) is 26.2 Å². The van der Waals surface area contributed by atoms with Gasteiger partial charge in [-0.05, 0) is 7.05 Å². The molecule has 104 valence electrons. The van der Waals surface area contributed by atoms with Gasteiger partial charge in [0.2, 0.25) is 5.95 Å². The van der Waals surface area contributed by atoms with Crippen LogP contribution in [0.3, 0.4) is 0 Å². The van der Waals surface area contributed by atoms with E-state index in [1.807, 2.05) is 0 Å². The molecule has 0 spiro atoms. The topological polar surface area (TPSA) is 113 Å². The smallest absolute Gasteiger partial charge is 0.290 e. The number of nitrogens with two attached hydrogens (primary N) is 1. The standard InChI is InChI=1S/C10H15N5O.CH2O2/c1-14-2-4-15(5-3-14)10-12-6-8(7-13-10)9(11)16;2-1-3/h6-7H,2-5H2,1H3,(H2,11,16);1H,(H,2,3). The fourth-order valence-electron chi connectivity index (χ4n) is 1.62. The molecule has 1 aliphatic heterocycles. The first-order chi connectivity index (χ1) is 9.08. The lowest BCUT2D eigenvalue weighted by atomic mass is 10.3. The van der Waals surface area contributed by atoms with E-state index in [9.17, 15) is 4.79 Å². The van der Waals surface area contributed by atoms with E-state index in [2.05, 4.69) is 26.8 Å². The lowest BCUT2D eigenvalue weighted by Gasteiger charge is -2.32. The van der Waals surface area contributed by atoms with Gasteiger partial charge < -0.3 is 20.6 Å². The Bertz CT molecular complexity index is 415. The van der Waals surface area contributed by atoms with E-state index in [0.29, 0.717) is 11.5 Å². The van der Waals surface area contributed by atoms with Crippen LogP contribution in [0.5, 0.6) is 0 Å². The number of hydrogen-bond acceptors (Lipinski definition) is 6. The second kappa shape index (κ2) is 7.27. The minimum absolute atomic E-state index is 0.250. The number of carbonyl (C=O) groups is 2. The van der Waals surface area contributed by atoms with Crippen molar-refractivity contribution < 1.29 is 14.7 Å². The second-order valence-electron chi connectivity index (χ2n) is 4.03. The number of nitrogens with zero attached hydrogens (tertiary/aromatic N) is 4. The zero-order chi connectivity index (χ0) is 14.3. The lowest BCUT2D eigenvalue weighted by Crippen LogP contribution is -2.45. The van der Waals surface area contributed by atoms with E-state index >= 15 is 0 Å². The Morgan fingerprint density at radius 2 is 1.79 bits per heavy atom. The second-order valence-corrected chi connectivity index (χ2v) is 4.03. The molecule has 8 heteroatoms. The SMILES string of the molecule is CN1CCN(c2ncc(C(N)=O)cn2)CC1.O=CO. The molecular formula is C11H17N5O3. The van der Waals surface area contributed by atoms with Gasteiger partial charge in [0.25, 0.3) is 12.4 Å². The molecule has 2 rings (SSSR count). The van der Waals surface area contributed by atoms with Gasteiger partial charge in [-0.3, -0.25) is 9.59 Å². The van der Waals surface area contributed by atoms with Crippen LogP contribution in [-0.4, -0.2) is 65.6 Å². The van der Waals surface area contributed by atoms with Gasteiger partial charge in [0.05, 0.1) is 5.56 Å². The van der Waals surface area contributed by atoms with Crippen LogP contribution in [0.4, 0.5) is 5.95 Å². The maximum Gasteiger partial charge on any atom is 0.290 e. The van der Waals surface area contributed by atoms with Crippen molar-refractivity contribution in [2.24, 2.45) is 5.73 Å². The number of carboxylic acid groups (broad SMARTS) is 1. The molecule has 1 saturated heterocycles. The predicted molar refractivity (Wildman–Crippen MR) is 69.0 cm³/mol. The molecule has 1 aliphatic rings. The summed E-state index contributed by atoms with van der Waals surface area (Å²) >= 11 is 0. The number of piperazine rings is 1. The zero-order valence-corrected chi connectivity index (χ0v) is 10.7. The molecule has 1 amide bonds. The highest BCUT2D eigenvalue weighted by Gasteiger charge is 2.16. The van der Waals surface area contributed by atoms with Gasteiger partial charge in [-0.15, -0.1) is 0 Å². The van der Waals surface area contributed by atoms with E-state index < -0.39 is 5.91 Å². The van der Waals surface area contributed by atoms with E-state index in [1.54, 1.807) is 0 Å². The first kappa shape index (κ1) is 14.8. The molecule has 0 aliphatic carbocycles. The summed E-state index contributed by atoms with van der Waals surface area (Å²) < 4.78 is 0. The van der Waals surface area contributed by atoms with Crippen LogP contribution in [-0.2, 0) is 4.79 Å². The highest BCUT2D eigenvalue weighted by atomic mass is 16.3. The van der Waals surface area contributed by atoms with Crippen molar-refractivity contribution in [3.63, 3.8) is 0 Å². The fourth-order valence-corrected chi connectivity index (χ4v) is 1.62. The average Bonchev–Trinajstić information content (AvgIpc) is 2.41. The number of likely N-dealkylation sites (N-methyl/N-ethyl adjacent to an activating group) is 1. The van der Waals surface area contributed by atoms with Crippen molar-refractivity contribution >= 4 is 18.3 Å². The minimum atomic E-state index is -0.495. The first-order valence-corrected chi connectivity index (χ1v) is 5.71. The zero-order valence-electron chi connectivity index (χ0n) is 10.7. The third kappa shape index (κ3) is 4.51. The predicted octanol–water partition coefficient (Wildman–Crippen LogP) is -0.972. The average molecular weight is 267 g/mol. The van der Waals surface area contributed by atoms with E-state index in [4.69, 9.17) is 15.6 Å². The molecule has 1 aromatic heterocycles. The summed E-state index contributed by atoms with van der Waals surface area (Å²) in [6.07, 6.45) is 2.95. The molecule has 3 N–H and O–H groups in total. The molecule has 0 unspecified atom stereocenters. The summed E-state index contributed by atoms with van der Waals surface area (Å²) in [7, 11) is 2.09. The maximum atomic E-state index is 10.9. The molecule has 1 aromatic rings. The van der Waals surface area contributed by atoms with Crippen LogP contribution in [0.2, 0.25) is 0 Å². The number of anilines is 1. The Labute approximate surface area is 110 Å².